The van der Waals surface area contributed by atoms with Crippen LogP contribution in [0.5, 0.6) is 23.0 Å². The number of thiocarbonyl (C=S) groups is 1. The molecule has 0 spiro atoms. The fourth-order valence-electron chi connectivity index (χ4n) is 3.52. The molecule has 0 aliphatic carbocycles. The summed E-state index contributed by atoms with van der Waals surface area (Å²) in [5.41, 5.74) is 7.58. The van der Waals surface area contributed by atoms with E-state index >= 15 is 0 Å². The van der Waals surface area contributed by atoms with Gasteiger partial charge < -0.3 is 18.9 Å². The lowest BCUT2D eigenvalue weighted by Gasteiger charge is -2.17. The van der Waals surface area contributed by atoms with E-state index in [9.17, 15) is 9.59 Å². The quantitative estimate of drug-likeness (QED) is 0.233. The van der Waals surface area contributed by atoms with Gasteiger partial charge in [0.15, 0.2) is 23.2 Å². The lowest BCUT2D eigenvalue weighted by molar-refractivity contribution is -0.123. The van der Waals surface area contributed by atoms with Gasteiger partial charge in [0, 0.05) is 5.56 Å². The third-order valence-electron chi connectivity index (χ3n) is 5.29. The number of hydrogen-bond acceptors (Lipinski definition) is 8. The monoisotopic (exact) mass is 562 g/mol. The summed E-state index contributed by atoms with van der Waals surface area (Å²) in [5.74, 6) is 0.611. The standard InChI is InChI=1S/C29H30N4O6S/c1-4-36-24-15-22(16-25(37-5-2)27(24)38-6-3)28(35)31-29(40)33-32-26(34)18-39-23-13-11-21(12-14-23)20-9-7-19(17-30)8-10-20/h7-16H,4-6,18H2,1-3H3,(H,32,34)(H2,31,33,35,40). The van der Waals surface area contributed by atoms with Gasteiger partial charge in [-0.2, -0.15) is 5.26 Å². The molecule has 0 aromatic heterocycles. The van der Waals surface area contributed by atoms with E-state index in [0.717, 1.165) is 11.1 Å². The first-order valence-electron chi connectivity index (χ1n) is 12.6. The van der Waals surface area contributed by atoms with Crippen molar-refractivity contribution in [3.8, 4) is 40.2 Å². The molecule has 0 heterocycles. The molecule has 0 aliphatic rings. The summed E-state index contributed by atoms with van der Waals surface area (Å²) in [6.07, 6.45) is 0. The van der Waals surface area contributed by atoms with Crippen LogP contribution < -0.4 is 35.1 Å². The van der Waals surface area contributed by atoms with Gasteiger partial charge >= 0.3 is 0 Å². The molecule has 0 aliphatic heterocycles. The van der Waals surface area contributed by atoms with E-state index in [0.29, 0.717) is 48.4 Å². The molecular formula is C29H30N4O6S. The van der Waals surface area contributed by atoms with Crippen molar-refractivity contribution in [1.29, 1.82) is 5.26 Å². The predicted octanol–water partition coefficient (Wildman–Crippen LogP) is 4.14. The Balaban J connectivity index is 1.51. The van der Waals surface area contributed by atoms with E-state index < -0.39 is 11.8 Å². The molecule has 3 rings (SSSR count). The molecule has 0 unspecified atom stereocenters. The molecule has 3 aromatic rings. The highest BCUT2D eigenvalue weighted by Gasteiger charge is 2.19. The van der Waals surface area contributed by atoms with Gasteiger partial charge in [0.05, 0.1) is 31.5 Å². The molecule has 0 fully saturated rings. The summed E-state index contributed by atoms with van der Waals surface area (Å²) >= 11 is 5.13. The van der Waals surface area contributed by atoms with E-state index in [4.69, 9.17) is 36.4 Å². The maximum Gasteiger partial charge on any atom is 0.276 e. The number of nitrogens with one attached hydrogen (secondary N) is 3. The van der Waals surface area contributed by atoms with Crippen molar-refractivity contribution in [3.63, 3.8) is 0 Å². The molecule has 11 heteroatoms. The van der Waals surface area contributed by atoms with Gasteiger partial charge in [0.1, 0.15) is 5.75 Å². The van der Waals surface area contributed by atoms with Crippen LogP contribution in [0.2, 0.25) is 0 Å². The van der Waals surface area contributed by atoms with E-state index in [1.165, 1.54) is 12.1 Å². The Bertz CT molecular complexity index is 1340. The van der Waals surface area contributed by atoms with Crippen LogP contribution in [0.25, 0.3) is 11.1 Å². The van der Waals surface area contributed by atoms with Gasteiger partial charge in [-0.05, 0) is 80.5 Å². The number of hydrogen-bond donors (Lipinski definition) is 3. The second-order valence-corrected chi connectivity index (χ2v) is 8.47. The van der Waals surface area contributed by atoms with E-state index in [-0.39, 0.29) is 17.3 Å². The number of hydrazine groups is 1. The summed E-state index contributed by atoms with van der Waals surface area (Å²) in [6, 6.07) is 19.6. The summed E-state index contributed by atoms with van der Waals surface area (Å²) in [7, 11) is 0. The third kappa shape index (κ3) is 8.34. The highest BCUT2D eigenvalue weighted by Crippen LogP contribution is 2.39. The number of nitriles is 1. The van der Waals surface area contributed by atoms with Crippen molar-refractivity contribution in [1.82, 2.24) is 16.2 Å². The zero-order valence-electron chi connectivity index (χ0n) is 22.4. The highest BCUT2D eigenvalue weighted by molar-refractivity contribution is 7.80. The molecule has 0 atom stereocenters. The Labute approximate surface area is 238 Å². The van der Waals surface area contributed by atoms with Crippen molar-refractivity contribution in [3.05, 3.63) is 71.8 Å². The zero-order chi connectivity index (χ0) is 28.9. The SMILES string of the molecule is CCOc1cc(C(=O)NC(=S)NNC(=O)COc2ccc(-c3ccc(C#N)cc3)cc2)cc(OCC)c1OCC. The van der Waals surface area contributed by atoms with Crippen LogP contribution in [0, 0.1) is 11.3 Å². The second kappa shape index (κ2) is 14.9. The van der Waals surface area contributed by atoms with Crippen molar-refractivity contribution in [2.75, 3.05) is 26.4 Å². The van der Waals surface area contributed by atoms with E-state index in [2.05, 4.69) is 22.2 Å². The first kappa shape index (κ1) is 29.7. The molecule has 0 bridgehead atoms. The van der Waals surface area contributed by atoms with Crippen LogP contribution in [-0.4, -0.2) is 43.4 Å². The second-order valence-electron chi connectivity index (χ2n) is 8.06. The lowest BCUT2D eigenvalue weighted by atomic mass is 10.0. The Morgan fingerprint density at radius 3 is 1.88 bits per heavy atom. The Hall–Kier alpha value is -4.82. The lowest BCUT2D eigenvalue weighted by Crippen LogP contribution is -2.49. The van der Waals surface area contributed by atoms with Crippen LogP contribution in [-0.2, 0) is 4.79 Å². The molecule has 0 saturated carbocycles. The molecule has 3 N–H and O–H groups in total. The largest absolute Gasteiger partial charge is 0.490 e. The maximum absolute atomic E-state index is 12.8. The first-order valence-corrected chi connectivity index (χ1v) is 13.0. The van der Waals surface area contributed by atoms with Gasteiger partial charge in [-0.1, -0.05) is 24.3 Å². The normalized spacial score (nSPS) is 10.1. The molecule has 3 aromatic carbocycles. The minimum absolute atomic E-state index is 0.116. The van der Waals surface area contributed by atoms with Crippen molar-refractivity contribution < 1.29 is 28.5 Å². The van der Waals surface area contributed by atoms with E-state index in [1.807, 2.05) is 45.0 Å². The van der Waals surface area contributed by atoms with Gasteiger partial charge in [-0.25, -0.2) is 0 Å². The topological polar surface area (TPSA) is 131 Å². The first-order chi connectivity index (χ1) is 19.4. The van der Waals surface area contributed by atoms with E-state index in [1.54, 1.807) is 24.3 Å². The Morgan fingerprint density at radius 1 is 0.800 bits per heavy atom. The number of rotatable bonds is 11. The fourth-order valence-corrected chi connectivity index (χ4v) is 3.66. The minimum Gasteiger partial charge on any atom is -0.490 e. The van der Waals surface area contributed by atoms with Crippen LogP contribution >= 0.6 is 12.2 Å². The fraction of sp³-hybridized carbons (Fsp3) is 0.241. The Morgan fingerprint density at radius 2 is 1.35 bits per heavy atom. The van der Waals surface area contributed by atoms with Gasteiger partial charge in [-0.3, -0.25) is 25.8 Å². The number of nitrogens with zero attached hydrogens (tertiary/aromatic N) is 1. The molecule has 40 heavy (non-hydrogen) atoms. The van der Waals surface area contributed by atoms with Crippen LogP contribution in [0.4, 0.5) is 0 Å². The average molecular weight is 563 g/mol. The van der Waals surface area contributed by atoms with Gasteiger partial charge in [0.2, 0.25) is 5.75 Å². The summed E-state index contributed by atoms with van der Waals surface area (Å²) in [6.45, 7) is 6.32. The van der Waals surface area contributed by atoms with Crippen molar-refractivity contribution in [2.24, 2.45) is 0 Å². The number of benzene rings is 3. The average Bonchev–Trinajstić information content (AvgIpc) is 2.97. The summed E-state index contributed by atoms with van der Waals surface area (Å²) < 4.78 is 22.4. The summed E-state index contributed by atoms with van der Waals surface area (Å²) in [5, 5.41) is 11.3. The van der Waals surface area contributed by atoms with Crippen LogP contribution in [0.1, 0.15) is 36.7 Å². The molecule has 0 radical (unpaired) electrons. The molecule has 2 amide bonds. The number of amides is 2. The zero-order valence-corrected chi connectivity index (χ0v) is 23.2. The van der Waals surface area contributed by atoms with Gasteiger partial charge in [-0.15, -0.1) is 0 Å². The highest BCUT2D eigenvalue weighted by atomic mass is 32.1. The van der Waals surface area contributed by atoms with Crippen molar-refractivity contribution >= 4 is 29.1 Å². The third-order valence-corrected chi connectivity index (χ3v) is 5.49. The predicted molar refractivity (Wildman–Crippen MR) is 153 cm³/mol. The molecule has 10 nitrogen and oxygen atoms in total. The number of carbonyl (C=O) groups excluding carboxylic acids is 2. The van der Waals surface area contributed by atoms with Crippen LogP contribution in [0.3, 0.4) is 0 Å². The molecular weight excluding hydrogens is 532 g/mol. The van der Waals surface area contributed by atoms with Gasteiger partial charge in [0.25, 0.3) is 11.8 Å². The van der Waals surface area contributed by atoms with Crippen molar-refractivity contribution in [2.45, 2.75) is 20.8 Å². The summed E-state index contributed by atoms with van der Waals surface area (Å²) in [4.78, 5) is 25.0. The molecule has 208 valence electrons. The maximum atomic E-state index is 12.8. The Kier molecular flexibility index (Phi) is 11.1. The molecule has 0 saturated heterocycles. The number of carbonyl (C=O) groups is 2. The smallest absolute Gasteiger partial charge is 0.276 e. The number of ether oxygens (including phenoxy) is 4. The van der Waals surface area contributed by atoms with Crippen LogP contribution in [0.15, 0.2) is 60.7 Å². The minimum atomic E-state index is -0.532.